The first-order valence-corrected chi connectivity index (χ1v) is 13.1. The lowest BCUT2D eigenvalue weighted by Gasteiger charge is -2.32. The van der Waals surface area contributed by atoms with E-state index in [-0.39, 0.29) is 49.0 Å². The van der Waals surface area contributed by atoms with Crippen LogP contribution < -0.4 is 11.1 Å². The molecule has 3 aromatic heterocycles. The fraction of sp³-hybridized carbons (Fsp3) is 0.538. The number of fused-ring (bicyclic) bond motifs is 1. The first kappa shape index (κ1) is 27.8. The number of hydrogen-bond donors (Lipinski definition) is 2. The van der Waals surface area contributed by atoms with E-state index in [0.717, 1.165) is 12.8 Å². The fourth-order valence-corrected chi connectivity index (χ4v) is 5.27. The Morgan fingerprint density at radius 3 is 2.50 bits per heavy atom. The normalized spacial score (nSPS) is 19.3. The summed E-state index contributed by atoms with van der Waals surface area (Å²) in [6, 6.07) is 2.57. The van der Waals surface area contributed by atoms with Crippen molar-refractivity contribution in [3.05, 3.63) is 53.5 Å². The van der Waals surface area contributed by atoms with Gasteiger partial charge in [-0.3, -0.25) is 9.59 Å². The van der Waals surface area contributed by atoms with Crippen LogP contribution in [0.1, 0.15) is 90.9 Å². The summed E-state index contributed by atoms with van der Waals surface area (Å²) in [7, 11) is 0. The van der Waals surface area contributed by atoms with Crippen molar-refractivity contribution in [2.45, 2.75) is 75.4 Å². The summed E-state index contributed by atoms with van der Waals surface area (Å²) in [5.41, 5.74) is 6.87. The largest absolute Gasteiger partial charge is 0.389 e. The van der Waals surface area contributed by atoms with Crippen LogP contribution in [0.5, 0.6) is 0 Å². The highest BCUT2D eigenvalue weighted by atomic mass is 19.4. The van der Waals surface area contributed by atoms with Gasteiger partial charge in [0.25, 0.3) is 5.91 Å². The van der Waals surface area contributed by atoms with Gasteiger partial charge in [0.15, 0.2) is 5.65 Å². The summed E-state index contributed by atoms with van der Waals surface area (Å²) in [5, 5.41) is 7.12. The molecular weight excluding hydrogens is 537 g/mol. The second kappa shape index (κ2) is 10.7. The monoisotopic (exact) mass is 565 g/mol. The van der Waals surface area contributed by atoms with Gasteiger partial charge in [0.1, 0.15) is 11.5 Å². The Balaban J connectivity index is 1.45. The summed E-state index contributed by atoms with van der Waals surface area (Å²) in [4.78, 5) is 37.4. The molecule has 9 nitrogen and oxygen atoms in total. The zero-order valence-electron chi connectivity index (χ0n) is 21.4. The minimum Gasteiger partial charge on any atom is -0.364 e. The molecule has 214 valence electrons. The van der Waals surface area contributed by atoms with Crippen molar-refractivity contribution in [1.29, 1.82) is 0 Å². The van der Waals surface area contributed by atoms with Crippen LogP contribution in [-0.4, -0.2) is 48.5 Å². The van der Waals surface area contributed by atoms with Crippen molar-refractivity contribution in [2.24, 2.45) is 17.6 Å². The number of alkyl halides is 5. The quantitative estimate of drug-likeness (QED) is 0.368. The van der Waals surface area contributed by atoms with Crippen LogP contribution in [0.25, 0.3) is 5.65 Å². The molecule has 2 amide bonds. The van der Waals surface area contributed by atoms with Crippen LogP contribution in [-0.2, 0) is 4.79 Å². The fourth-order valence-electron chi connectivity index (χ4n) is 5.27. The lowest BCUT2D eigenvalue weighted by Crippen LogP contribution is -2.30. The predicted molar refractivity (Wildman–Crippen MR) is 131 cm³/mol. The smallest absolute Gasteiger partial charge is 0.364 e. The highest BCUT2D eigenvalue weighted by molar-refractivity contribution is 5.90. The van der Waals surface area contributed by atoms with Crippen molar-refractivity contribution in [2.75, 3.05) is 0 Å². The van der Waals surface area contributed by atoms with E-state index in [4.69, 9.17) is 10.7 Å². The molecule has 0 saturated heterocycles. The van der Waals surface area contributed by atoms with Gasteiger partial charge in [0, 0.05) is 25.5 Å². The van der Waals surface area contributed by atoms with E-state index in [0.29, 0.717) is 16.9 Å². The van der Waals surface area contributed by atoms with Gasteiger partial charge in [-0.25, -0.2) is 28.2 Å². The van der Waals surface area contributed by atoms with Gasteiger partial charge in [-0.15, -0.1) is 0 Å². The number of imidazole rings is 1. The maximum atomic E-state index is 14.0. The maximum absolute atomic E-state index is 14.0. The van der Waals surface area contributed by atoms with Gasteiger partial charge in [-0.2, -0.15) is 18.3 Å². The van der Waals surface area contributed by atoms with E-state index in [1.165, 1.54) is 23.0 Å². The highest BCUT2D eigenvalue weighted by Gasteiger charge is 2.41. The molecule has 2 atom stereocenters. The summed E-state index contributed by atoms with van der Waals surface area (Å²) >= 11 is 0. The topological polar surface area (TPSA) is 128 Å². The lowest BCUT2D eigenvalue weighted by atomic mass is 9.77. The van der Waals surface area contributed by atoms with Crippen molar-refractivity contribution in [3.8, 4) is 0 Å². The summed E-state index contributed by atoms with van der Waals surface area (Å²) in [6.07, 6.45) is -0.291. The molecule has 0 aromatic carbocycles. The van der Waals surface area contributed by atoms with Crippen LogP contribution in [0.4, 0.5) is 22.0 Å². The Kier molecular flexibility index (Phi) is 7.44. The molecule has 3 aromatic rings. The van der Waals surface area contributed by atoms with E-state index < -0.39 is 48.7 Å². The molecule has 14 heteroatoms. The van der Waals surface area contributed by atoms with E-state index >= 15 is 0 Å². The second-order valence-corrected chi connectivity index (χ2v) is 10.6. The van der Waals surface area contributed by atoms with E-state index in [2.05, 4.69) is 20.4 Å². The zero-order chi connectivity index (χ0) is 28.7. The van der Waals surface area contributed by atoms with Gasteiger partial charge in [-0.1, -0.05) is 0 Å². The second-order valence-electron chi connectivity index (χ2n) is 10.6. The van der Waals surface area contributed by atoms with E-state index in [1.807, 2.05) is 0 Å². The molecule has 0 spiro atoms. The molecule has 0 aliphatic heterocycles. The molecule has 2 fully saturated rings. The van der Waals surface area contributed by atoms with Crippen LogP contribution in [0, 0.1) is 11.8 Å². The molecule has 0 radical (unpaired) electrons. The van der Waals surface area contributed by atoms with Crippen molar-refractivity contribution < 1.29 is 31.5 Å². The van der Waals surface area contributed by atoms with Gasteiger partial charge in [0.05, 0.1) is 36.5 Å². The molecule has 3 N–H and O–H groups in total. The number of rotatable bonds is 9. The first-order valence-electron chi connectivity index (χ1n) is 13.1. The molecule has 2 saturated carbocycles. The first-order chi connectivity index (χ1) is 18.9. The number of aromatic nitrogens is 5. The SMILES string of the molecule is NC(=O)c1ccnc([C@H](c2cn3ncc([C@H](NC(=O)CCC(F)(F)F)C4CC4)cc3n2)C2CCC(F)(F)CC2)n1. The summed E-state index contributed by atoms with van der Waals surface area (Å²) in [6.45, 7) is 0. The number of nitrogens with one attached hydrogen (secondary N) is 1. The van der Waals surface area contributed by atoms with Crippen molar-refractivity contribution in [3.63, 3.8) is 0 Å². The lowest BCUT2D eigenvalue weighted by molar-refractivity contribution is -0.144. The third-order valence-corrected chi connectivity index (χ3v) is 7.52. The molecule has 40 heavy (non-hydrogen) atoms. The molecular formula is C26H28F5N7O2. The van der Waals surface area contributed by atoms with Crippen molar-refractivity contribution >= 4 is 17.5 Å². The number of amides is 2. The number of nitrogens with two attached hydrogens (primary N) is 1. The third kappa shape index (κ3) is 6.53. The van der Waals surface area contributed by atoms with Gasteiger partial charge < -0.3 is 11.1 Å². The Bertz CT molecular complexity index is 1400. The standard InChI is InChI=1S/C26H28F5N7O2/c27-25(28)7-3-14(4-8-25)21(24-33-10-6-17(36-24)23(32)40)18-13-38-19(35-18)11-16(12-34-38)22(15-1-2-15)37-20(39)5-9-26(29,30)31/h6,10-15,21-22H,1-5,7-9H2,(H2,32,40)(H,37,39)/t21-,22+/m0/s1. The Morgan fingerprint density at radius 2 is 1.85 bits per heavy atom. The number of nitrogens with zero attached hydrogens (tertiary/aromatic N) is 5. The van der Waals surface area contributed by atoms with Gasteiger partial charge in [-0.05, 0) is 55.2 Å². The maximum Gasteiger partial charge on any atom is 0.389 e. The number of carbonyl (C=O) groups excluding carboxylic acids is 2. The molecule has 2 aliphatic carbocycles. The Hall–Kier alpha value is -3.71. The minimum atomic E-state index is -4.43. The predicted octanol–water partition coefficient (Wildman–Crippen LogP) is 4.49. The number of hydrogen-bond acceptors (Lipinski definition) is 6. The molecule has 0 bridgehead atoms. The average Bonchev–Trinajstić information content (AvgIpc) is 3.65. The van der Waals surface area contributed by atoms with Crippen molar-refractivity contribution in [1.82, 2.24) is 29.9 Å². The number of carbonyl (C=O) groups is 2. The van der Waals surface area contributed by atoms with Crippen LogP contribution >= 0.6 is 0 Å². The van der Waals surface area contributed by atoms with E-state index in [9.17, 15) is 31.5 Å². The van der Waals surface area contributed by atoms with E-state index in [1.54, 1.807) is 12.3 Å². The number of primary amides is 1. The molecule has 2 aliphatic rings. The Morgan fingerprint density at radius 1 is 1.12 bits per heavy atom. The van der Waals surface area contributed by atoms with Crippen LogP contribution in [0.15, 0.2) is 30.7 Å². The molecule has 0 unspecified atom stereocenters. The third-order valence-electron chi connectivity index (χ3n) is 7.52. The minimum absolute atomic E-state index is 0.00569. The zero-order valence-corrected chi connectivity index (χ0v) is 21.4. The molecule has 5 rings (SSSR count). The van der Waals surface area contributed by atoms with Gasteiger partial charge >= 0.3 is 6.18 Å². The highest BCUT2D eigenvalue weighted by Crippen LogP contribution is 2.44. The molecule has 3 heterocycles. The van der Waals surface area contributed by atoms with Gasteiger partial charge in [0.2, 0.25) is 11.8 Å². The van der Waals surface area contributed by atoms with Crippen LogP contribution in [0.3, 0.4) is 0 Å². The van der Waals surface area contributed by atoms with Crippen LogP contribution in [0.2, 0.25) is 0 Å². The Labute approximate surface area is 225 Å². The number of halogens is 5. The summed E-state index contributed by atoms with van der Waals surface area (Å²) in [5.74, 6) is -4.77. The average molecular weight is 566 g/mol. The summed E-state index contributed by atoms with van der Waals surface area (Å²) < 4.78 is 67.2.